The Kier molecular flexibility index (Phi) is 4.22. The number of benzene rings is 1. The maximum Gasteiger partial charge on any atom is 0.272 e. The molecule has 1 amide bonds. The predicted molar refractivity (Wildman–Crippen MR) is 98.5 cm³/mol. The summed E-state index contributed by atoms with van der Waals surface area (Å²) in [6.07, 6.45) is 5.10. The van der Waals surface area contributed by atoms with Crippen molar-refractivity contribution in [3.05, 3.63) is 48.0 Å². The van der Waals surface area contributed by atoms with Crippen LogP contribution in [0.1, 0.15) is 28.9 Å². The number of rotatable bonds is 3. The number of para-hydroxylation sites is 1. The maximum atomic E-state index is 13.2. The highest BCUT2D eigenvalue weighted by Crippen LogP contribution is 2.33. The maximum absolute atomic E-state index is 13.2. The third-order valence-electron chi connectivity index (χ3n) is 5.27. The van der Waals surface area contributed by atoms with Gasteiger partial charge in [0.2, 0.25) is 10.0 Å². The van der Waals surface area contributed by atoms with E-state index < -0.39 is 15.3 Å². The van der Waals surface area contributed by atoms with E-state index in [0.29, 0.717) is 31.6 Å². The molecular weight excluding hydrogens is 352 g/mol. The van der Waals surface area contributed by atoms with Crippen molar-refractivity contribution in [1.82, 2.24) is 14.5 Å². The first kappa shape index (κ1) is 17.1. The number of nitrogens with zero attached hydrogens (tertiary/aromatic N) is 4. The molecule has 0 spiro atoms. The van der Waals surface area contributed by atoms with Crippen LogP contribution in [0.5, 0.6) is 0 Å². The number of anilines is 1. The summed E-state index contributed by atoms with van der Waals surface area (Å²) < 4.78 is 29.7. The van der Waals surface area contributed by atoms with Crippen LogP contribution in [0.15, 0.2) is 36.8 Å². The molecule has 0 aliphatic carbocycles. The molecule has 0 N–H and O–H groups in total. The largest absolute Gasteiger partial charge is 0.336 e. The molecular formula is C18H22N4O3S. The number of carbonyl (C=O) groups excluding carboxylic acids is 1. The van der Waals surface area contributed by atoms with E-state index >= 15 is 0 Å². The number of carbonyl (C=O) groups is 1. The van der Waals surface area contributed by atoms with Gasteiger partial charge in [-0.25, -0.2) is 13.4 Å². The van der Waals surface area contributed by atoms with Crippen molar-refractivity contribution < 1.29 is 13.2 Å². The van der Waals surface area contributed by atoms with Gasteiger partial charge in [0.1, 0.15) is 5.69 Å². The molecule has 8 heteroatoms. The van der Waals surface area contributed by atoms with E-state index in [1.54, 1.807) is 22.8 Å². The van der Waals surface area contributed by atoms with E-state index in [2.05, 4.69) is 4.98 Å². The average molecular weight is 374 g/mol. The number of sulfonamides is 1. The third-order valence-corrected chi connectivity index (χ3v) is 7.50. The molecule has 2 aliphatic rings. The summed E-state index contributed by atoms with van der Waals surface area (Å²) in [6, 6.07) is 7.64. The van der Waals surface area contributed by atoms with E-state index in [1.807, 2.05) is 24.3 Å². The number of aryl methyl sites for hydroxylation is 1. The molecule has 1 aromatic carbocycles. The summed E-state index contributed by atoms with van der Waals surface area (Å²) in [5, 5.41) is -0.570. The first-order valence-electron chi connectivity index (χ1n) is 8.83. The highest BCUT2D eigenvalue weighted by Gasteiger charge is 2.39. The molecule has 1 aromatic heterocycles. The fourth-order valence-electron chi connectivity index (χ4n) is 3.84. The Bertz CT molecular complexity index is 937. The quantitative estimate of drug-likeness (QED) is 0.814. The van der Waals surface area contributed by atoms with Crippen molar-refractivity contribution in [3.8, 4) is 0 Å². The summed E-state index contributed by atoms with van der Waals surface area (Å²) in [5.41, 5.74) is 2.33. The van der Waals surface area contributed by atoms with Crippen molar-refractivity contribution >= 4 is 21.6 Å². The Hall–Kier alpha value is -2.35. The second-order valence-corrected chi connectivity index (χ2v) is 9.04. The molecule has 1 saturated heterocycles. The summed E-state index contributed by atoms with van der Waals surface area (Å²) >= 11 is 0. The Labute approximate surface area is 153 Å². The van der Waals surface area contributed by atoms with E-state index in [1.165, 1.54) is 10.5 Å². The summed E-state index contributed by atoms with van der Waals surface area (Å²) in [4.78, 5) is 18.4. The number of hydrogen-bond donors (Lipinski definition) is 0. The highest BCUT2D eigenvalue weighted by molar-refractivity contribution is 7.93. The van der Waals surface area contributed by atoms with Gasteiger partial charge in [0.25, 0.3) is 5.91 Å². The van der Waals surface area contributed by atoms with Crippen LogP contribution in [0.25, 0.3) is 0 Å². The van der Waals surface area contributed by atoms with Crippen LogP contribution in [0, 0.1) is 0 Å². The number of likely N-dealkylation sites (tertiary alicyclic amines) is 1. The Balaban J connectivity index is 1.56. The van der Waals surface area contributed by atoms with E-state index in [0.717, 1.165) is 17.7 Å². The zero-order valence-corrected chi connectivity index (χ0v) is 15.5. The Morgan fingerprint density at radius 3 is 2.81 bits per heavy atom. The lowest BCUT2D eigenvalue weighted by atomic mass is 10.1. The molecule has 0 saturated carbocycles. The van der Waals surface area contributed by atoms with E-state index in [-0.39, 0.29) is 12.5 Å². The molecule has 3 heterocycles. The molecule has 2 aliphatic heterocycles. The molecule has 0 bridgehead atoms. The van der Waals surface area contributed by atoms with Crippen LogP contribution in [0.3, 0.4) is 0 Å². The van der Waals surface area contributed by atoms with Crippen LogP contribution in [-0.2, 0) is 23.5 Å². The third kappa shape index (κ3) is 2.78. The van der Waals surface area contributed by atoms with Gasteiger partial charge in [0.05, 0.1) is 23.5 Å². The first-order valence-corrected chi connectivity index (χ1v) is 10.3. The van der Waals surface area contributed by atoms with Crippen molar-refractivity contribution in [2.45, 2.75) is 24.5 Å². The number of hydrogen-bond acceptors (Lipinski definition) is 4. The minimum atomic E-state index is -3.50. The van der Waals surface area contributed by atoms with Crippen LogP contribution in [-0.4, -0.2) is 53.7 Å². The number of piperidine rings is 1. The summed E-state index contributed by atoms with van der Waals surface area (Å²) in [6.45, 7) is 1.28. The molecule has 2 aromatic rings. The fourth-order valence-corrected chi connectivity index (χ4v) is 5.83. The normalized spacial score (nSPS) is 20.3. The first-order chi connectivity index (χ1) is 12.5. The van der Waals surface area contributed by atoms with Crippen LogP contribution < -0.4 is 4.31 Å². The molecule has 7 nitrogen and oxygen atoms in total. The van der Waals surface area contributed by atoms with Crippen molar-refractivity contribution in [1.29, 1.82) is 0 Å². The molecule has 26 heavy (non-hydrogen) atoms. The Morgan fingerprint density at radius 1 is 1.23 bits per heavy atom. The van der Waals surface area contributed by atoms with Crippen LogP contribution in [0.4, 0.5) is 5.69 Å². The van der Waals surface area contributed by atoms with Crippen LogP contribution >= 0.6 is 0 Å². The number of imidazole rings is 1. The van der Waals surface area contributed by atoms with E-state index in [9.17, 15) is 13.2 Å². The Morgan fingerprint density at radius 2 is 2.04 bits per heavy atom. The van der Waals surface area contributed by atoms with Crippen molar-refractivity contribution in [2.24, 2.45) is 7.05 Å². The zero-order chi connectivity index (χ0) is 18.3. The monoisotopic (exact) mass is 374 g/mol. The molecule has 0 radical (unpaired) electrons. The molecule has 4 rings (SSSR count). The van der Waals surface area contributed by atoms with E-state index in [4.69, 9.17) is 0 Å². The van der Waals surface area contributed by atoms with Gasteiger partial charge in [0.15, 0.2) is 0 Å². The molecule has 0 unspecified atom stereocenters. The van der Waals surface area contributed by atoms with Gasteiger partial charge in [-0.3, -0.25) is 9.10 Å². The highest BCUT2D eigenvalue weighted by atomic mass is 32.2. The number of fused-ring (bicyclic) bond motifs is 1. The minimum absolute atomic E-state index is 0.160. The minimum Gasteiger partial charge on any atom is -0.336 e. The van der Waals surface area contributed by atoms with Crippen LogP contribution in [0.2, 0.25) is 0 Å². The average Bonchev–Trinajstić information content (AvgIpc) is 3.27. The number of aromatic nitrogens is 2. The topological polar surface area (TPSA) is 75.5 Å². The van der Waals surface area contributed by atoms with Gasteiger partial charge < -0.3 is 9.47 Å². The zero-order valence-electron chi connectivity index (χ0n) is 14.7. The van der Waals surface area contributed by atoms with Gasteiger partial charge >= 0.3 is 0 Å². The standard InChI is InChI=1S/C18H22N4O3S/c1-20-13-19-11-17(20)18(23)21-9-4-6-15(12-21)26(24,25)22-10-8-14-5-2-3-7-16(14)22/h2-3,5,7,11,13,15H,4,6,8-10,12H2,1H3/t15-/m0/s1. The molecule has 1 fully saturated rings. The molecule has 138 valence electrons. The van der Waals surface area contributed by atoms with Gasteiger partial charge in [-0.1, -0.05) is 18.2 Å². The predicted octanol–water partition coefficient (Wildman–Crippen LogP) is 1.42. The number of amides is 1. The van der Waals surface area contributed by atoms with Gasteiger partial charge in [-0.2, -0.15) is 0 Å². The van der Waals surface area contributed by atoms with Crippen molar-refractivity contribution in [2.75, 3.05) is 23.9 Å². The smallest absolute Gasteiger partial charge is 0.272 e. The lowest BCUT2D eigenvalue weighted by Crippen LogP contribution is -2.49. The summed E-state index contributed by atoms with van der Waals surface area (Å²) in [5.74, 6) is -0.160. The lowest BCUT2D eigenvalue weighted by molar-refractivity contribution is 0.0717. The van der Waals surface area contributed by atoms with Crippen molar-refractivity contribution in [3.63, 3.8) is 0 Å². The van der Waals surface area contributed by atoms with Gasteiger partial charge in [0, 0.05) is 26.7 Å². The molecule has 1 atom stereocenters. The summed E-state index contributed by atoms with van der Waals surface area (Å²) in [7, 11) is -1.74. The second kappa shape index (κ2) is 6.42. The lowest BCUT2D eigenvalue weighted by Gasteiger charge is -2.35. The van der Waals surface area contributed by atoms with Gasteiger partial charge in [-0.15, -0.1) is 0 Å². The second-order valence-electron chi connectivity index (χ2n) is 6.90. The SMILES string of the molecule is Cn1cncc1C(=O)N1CCC[C@H](S(=O)(=O)N2CCc3ccccc32)C1. The fraction of sp³-hybridized carbons (Fsp3) is 0.444. The van der Waals surface area contributed by atoms with Gasteiger partial charge in [-0.05, 0) is 30.9 Å².